The molecule has 0 fully saturated rings. The lowest BCUT2D eigenvalue weighted by atomic mass is 10.3. The normalized spacial score (nSPS) is 13.9. The molecule has 0 aliphatic heterocycles. The van der Waals surface area contributed by atoms with Crippen molar-refractivity contribution in [3.05, 3.63) is 0 Å². The maximum atomic E-state index is 11.6. The molecule has 0 aromatic rings. The lowest BCUT2D eigenvalue weighted by Crippen LogP contribution is -1.78. The first kappa shape index (κ1) is 8.32. The second-order valence-electron chi connectivity index (χ2n) is 1.77. The first-order chi connectivity index (χ1) is 3.77. The van der Waals surface area contributed by atoms with Crippen LogP contribution in [-0.4, -0.2) is 11.1 Å². The Balaban J connectivity index is 2.72. The van der Waals surface area contributed by atoms with E-state index in [-0.39, 0.29) is 0 Å². The number of rotatable bonds is 4. The molecule has 0 aliphatic carbocycles. The summed E-state index contributed by atoms with van der Waals surface area (Å²) in [6.45, 7) is 2.05. The van der Waals surface area contributed by atoms with Crippen molar-refractivity contribution in [2.75, 3.05) is 6.16 Å². The van der Waals surface area contributed by atoms with Crippen molar-refractivity contribution in [3.63, 3.8) is 0 Å². The van der Waals surface area contributed by atoms with Crippen molar-refractivity contribution in [1.82, 2.24) is 0 Å². The van der Waals surface area contributed by atoms with Crippen molar-refractivity contribution in [2.24, 2.45) is 0 Å². The largest absolute Gasteiger partial charge is 0.346 e. The molecule has 0 amide bonds. The van der Waals surface area contributed by atoms with Crippen LogP contribution < -0.4 is 0 Å². The van der Waals surface area contributed by atoms with Gasteiger partial charge in [-0.25, -0.2) is 0 Å². The van der Waals surface area contributed by atoms with Gasteiger partial charge in [-0.3, -0.25) is 0 Å². The first-order valence-corrected chi connectivity index (χ1v) is 4.26. The highest BCUT2D eigenvalue weighted by Gasteiger charge is 1.97. The minimum atomic E-state index is -2.11. The van der Waals surface area contributed by atoms with Crippen molar-refractivity contribution < 1.29 is 9.09 Å². The van der Waals surface area contributed by atoms with E-state index in [9.17, 15) is 4.20 Å². The van der Waals surface area contributed by atoms with Gasteiger partial charge in [-0.2, -0.15) is 4.20 Å². The standard InChI is InChI=1S/C5H12FOP/c1-2-3-4-5-8(6)7/h7H,2-5H2,1H3. The average Bonchev–Trinajstić information content (AvgIpc) is 1.66. The fourth-order valence-corrected chi connectivity index (χ4v) is 0.977. The number of hydrogen-bond acceptors (Lipinski definition) is 1. The Kier molecular flexibility index (Phi) is 5.67. The Hall–Kier alpha value is 0.320. The van der Waals surface area contributed by atoms with Crippen molar-refractivity contribution in [2.45, 2.75) is 26.2 Å². The topological polar surface area (TPSA) is 20.2 Å². The van der Waals surface area contributed by atoms with Gasteiger partial charge in [0, 0.05) is 6.16 Å². The van der Waals surface area contributed by atoms with Gasteiger partial charge < -0.3 is 4.89 Å². The Labute approximate surface area is 50.9 Å². The van der Waals surface area contributed by atoms with Gasteiger partial charge in [0.2, 0.25) is 8.46 Å². The number of unbranched alkanes of at least 4 members (excludes halogenated alkanes) is 2. The third-order valence-electron chi connectivity index (χ3n) is 0.946. The van der Waals surface area contributed by atoms with Crippen LogP contribution in [0.4, 0.5) is 4.20 Å². The summed E-state index contributed by atoms with van der Waals surface area (Å²) in [7, 11) is -2.11. The van der Waals surface area contributed by atoms with Crippen LogP contribution in [-0.2, 0) is 0 Å². The molecule has 0 saturated carbocycles. The van der Waals surface area contributed by atoms with E-state index in [4.69, 9.17) is 4.89 Å². The molecule has 0 heterocycles. The average molecular weight is 138 g/mol. The summed E-state index contributed by atoms with van der Waals surface area (Å²) in [6, 6.07) is 0. The summed E-state index contributed by atoms with van der Waals surface area (Å²) in [5, 5.41) is 0. The third-order valence-corrected chi connectivity index (χ3v) is 1.63. The van der Waals surface area contributed by atoms with Crippen LogP contribution in [0.15, 0.2) is 0 Å². The van der Waals surface area contributed by atoms with E-state index < -0.39 is 8.46 Å². The molecule has 1 N–H and O–H groups in total. The quantitative estimate of drug-likeness (QED) is 0.467. The summed E-state index contributed by atoms with van der Waals surface area (Å²) in [4.78, 5) is 8.18. The van der Waals surface area contributed by atoms with Crippen LogP contribution in [0.25, 0.3) is 0 Å². The molecule has 0 aromatic carbocycles. The zero-order chi connectivity index (χ0) is 6.41. The fourth-order valence-electron chi connectivity index (χ4n) is 0.492. The van der Waals surface area contributed by atoms with Crippen LogP contribution in [0.2, 0.25) is 0 Å². The van der Waals surface area contributed by atoms with Crippen LogP contribution in [0.1, 0.15) is 26.2 Å². The maximum absolute atomic E-state index is 11.6. The molecule has 0 spiro atoms. The van der Waals surface area contributed by atoms with E-state index in [0.717, 1.165) is 19.3 Å². The summed E-state index contributed by atoms with van der Waals surface area (Å²) in [6.07, 6.45) is 3.31. The van der Waals surface area contributed by atoms with E-state index in [1.165, 1.54) is 0 Å². The van der Waals surface area contributed by atoms with Gasteiger partial charge in [-0.1, -0.05) is 19.8 Å². The molecule has 8 heavy (non-hydrogen) atoms. The molecule has 1 unspecified atom stereocenters. The minimum Gasteiger partial charge on any atom is -0.346 e. The van der Waals surface area contributed by atoms with E-state index >= 15 is 0 Å². The van der Waals surface area contributed by atoms with E-state index in [2.05, 4.69) is 6.92 Å². The van der Waals surface area contributed by atoms with Crippen LogP contribution >= 0.6 is 8.46 Å². The molecule has 50 valence electrons. The van der Waals surface area contributed by atoms with Crippen molar-refractivity contribution in [1.29, 1.82) is 0 Å². The van der Waals surface area contributed by atoms with Gasteiger partial charge in [0.25, 0.3) is 0 Å². The molecule has 0 aromatic heterocycles. The Morgan fingerprint density at radius 1 is 1.50 bits per heavy atom. The lowest BCUT2D eigenvalue weighted by molar-refractivity contribution is 0.560. The molecule has 0 aliphatic rings. The Morgan fingerprint density at radius 2 is 2.12 bits per heavy atom. The monoisotopic (exact) mass is 138 g/mol. The van der Waals surface area contributed by atoms with Crippen LogP contribution in [0.5, 0.6) is 0 Å². The van der Waals surface area contributed by atoms with Gasteiger partial charge in [0.15, 0.2) is 0 Å². The second-order valence-corrected chi connectivity index (χ2v) is 2.89. The smallest absolute Gasteiger partial charge is 0.217 e. The predicted octanol–water partition coefficient (Wildman–Crippen LogP) is 2.45. The minimum absolute atomic E-state index is 0.364. The van der Waals surface area contributed by atoms with E-state index in [0.29, 0.717) is 6.16 Å². The maximum Gasteiger partial charge on any atom is 0.217 e. The first-order valence-electron chi connectivity index (χ1n) is 2.89. The van der Waals surface area contributed by atoms with Crippen molar-refractivity contribution in [3.8, 4) is 0 Å². The zero-order valence-corrected chi connectivity index (χ0v) is 6.00. The summed E-state index contributed by atoms with van der Waals surface area (Å²) >= 11 is 0. The van der Waals surface area contributed by atoms with Gasteiger partial charge >= 0.3 is 0 Å². The summed E-state index contributed by atoms with van der Waals surface area (Å²) < 4.78 is 11.6. The Morgan fingerprint density at radius 3 is 2.50 bits per heavy atom. The lowest BCUT2D eigenvalue weighted by Gasteiger charge is -1.95. The van der Waals surface area contributed by atoms with E-state index in [1.54, 1.807) is 0 Å². The summed E-state index contributed by atoms with van der Waals surface area (Å²) in [5.74, 6) is 0. The number of halogens is 1. The van der Waals surface area contributed by atoms with Crippen LogP contribution in [0, 0.1) is 0 Å². The number of hydrogen-bond donors (Lipinski definition) is 1. The van der Waals surface area contributed by atoms with Crippen LogP contribution in [0.3, 0.4) is 0 Å². The second kappa shape index (κ2) is 5.46. The van der Waals surface area contributed by atoms with Gasteiger partial charge in [-0.05, 0) is 6.42 Å². The molecule has 0 bridgehead atoms. The zero-order valence-electron chi connectivity index (χ0n) is 5.10. The van der Waals surface area contributed by atoms with Crippen molar-refractivity contribution >= 4 is 8.46 Å². The molecule has 0 saturated heterocycles. The molecular formula is C5H12FOP. The Bertz CT molecular complexity index is 49.7. The van der Waals surface area contributed by atoms with Gasteiger partial charge in [0.1, 0.15) is 0 Å². The van der Waals surface area contributed by atoms with E-state index in [1.807, 2.05) is 0 Å². The molecule has 1 nitrogen and oxygen atoms in total. The highest BCUT2D eigenvalue weighted by Crippen LogP contribution is 2.31. The fraction of sp³-hybridized carbons (Fsp3) is 1.00. The molecule has 0 radical (unpaired) electrons. The molecule has 1 atom stereocenters. The third kappa shape index (κ3) is 6.32. The van der Waals surface area contributed by atoms with Gasteiger partial charge in [-0.15, -0.1) is 0 Å². The SMILES string of the molecule is CCCCCP(O)F. The van der Waals surface area contributed by atoms with Gasteiger partial charge in [0.05, 0.1) is 0 Å². The predicted molar refractivity (Wildman–Crippen MR) is 34.6 cm³/mol. The highest BCUT2D eigenvalue weighted by atomic mass is 31.2. The molecule has 3 heteroatoms. The molecular weight excluding hydrogens is 126 g/mol. The molecule has 0 rings (SSSR count). The highest BCUT2D eigenvalue weighted by molar-refractivity contribution is 7.45. The summed E-state index contributed by atoms with van der Waals surface area (Å²) in [5.41, 5.74) is 0.